The molecule has 82 valence electrons. The van der Waals surface area contributed by atoms with Crippen molar-refractivity contribution in [2.75, 3.05) is 0 Å². The van der Waals surface area contributed by atoms with E-state index in [9.17, 15) is 4.79 Å². The summed E-state index contributed by atoms with van der Waals surface area (Å²) in [6, 6.07) is 6.87. The van der Waals surface area contributed by atoms with Gasteiger partial charge in [-0.1, -0.05) is 0 Å². The van der Waals surface area contributed by atoms with Gasteiger partial charge in [0.05, 0.1) is 14.2 Å². The third kappa shape index (κ3) is 3.10. The summed E-state index contributed by atoms with van der Waals surface area (Å²) in [6.45, 7) is 0. The number of nitrogens with one attached hydrogen (secondary N) is 1. The molecule has 1 aromatic heterocycles. The third-order valence-corrected chi connectivity index (χ3v) is 4.33. The van der Waals surface area contributed by atoms with Crippen molar-refractivity contribution in [3.63, 3.8) is 0 Å². The van der Waals surface area contributed by atoms with Gasteiger partial charge in [-0.2, -0.15) is 9.50 Å². The van der Waals surface area contributed by atoms with Gasteiger partial charge in [0.15, 0.2) is 14.3 Å². The summed E-state index contributed by atoms with van der Waals surface area (Å²) in [6.07, 6.45) is 1.48. The van der Waals surface area contributed by atoms with Crippen LogP contribution in [-0.2, 0) is 4.79 Å². The van der Waals surface area contributed by atoms with Crippen molar-refractivity contribution in [3.05, 3.63) is 24.3 Å². The normalized spacial score (nSPS) is 10.8. The molecule has 0 spiro atoms. The van der Waals surface area contributed by atoms with Crippen LogP contribution in [0.2, 0.25) is 0 Å². The van der Waals surface area contributed by atoms with Crippen molar-refractivity contribution in [2.24, 2.45) is 4.99 Å². The van der Waals surface area contributed by atoms with Crippen LogP contribution in [0.15, 0.2) is 29.3 Å². The SMILES string of the molecule is O=C=Nc1ccc(On2pn[pH][nH][pH]2)cc1. The molecule has 2 aromatic rings. The van der Waals surface area contributed by atoms with Crippen LogP contribution in [0.1, 0.15) is 0 Å². The van der Waals surface area contributed by atoms with E-state index in [1.807, 2.05) is 0 Å². The number of hydrogen-bond donors (Lipinski definition) is 1. The van der Waals surface area contributed by atoms with Crippen LogP contribution in [0.4, 0.5) is 5.69 Å². The molecule has 1 heterocycles. The van der Waals surface area contributed by atoms with Gasteiger partial charge < -0.3 is 9.35 Å². The Morgan fingerprint density at radius 1 is 1.50 bits per heavy atom. The molecule has 9 heteroatoms. The van der Waals surface area contributed by atoms with Gasteiger partial charge in [0.2, 0.25) is 6.08 Å². The number of carbonyl (C=O) groups excluding carboxylic acids is 1. The molecular weight excluding hydrogens is 265 g/mol. The van der Waals surface area contributed by atoms with E-state index in [2.05, 4.69) is 14.0 Å². The highest BCUT2D eigenvalue weighted by Crippen LogP contribution is 2.20. The molecular formula is C7H7N4O2P3. The van der Waals surface area contributed by atoms with Gasteiger partial charge >= 0.3 is 0 Å². The van der Waals surface area contributed by atoms with E-state index in [1.54, 1.807) is 28.5 Å². The van der Waals surface area contributed by atoms with Crippen molar-refractivity contribution >= 4 is 37.3 Å². The first-order valence-electron chi connectivity index (χ1n) is 4.21. The van der Waals surface area contributed by atoms with E-state index in [-0.39, 0.29) is 0 Å². The quantitative estimate of drug-likeness (QED) is 0.689. The Morgan fingerprint density at radius 3 is 2.94 bits per heavy atom. The lowest BCUT2D eigenvalue weighted by atomic mass is 10.3. The zero-order valence-electron chi connectivity index (χ0n) is 7.91. The minimum Gasteiger partial charge on any atom is -0.366 e. The van der Waals surface area contributed by atoms with Gasteiger partial charge in [0, 0.05) is 8.51 Å². The Bertz CT molecular complexity index is 515. The first-order valence-corrected chi connectivity index (χ1v) is 6.90. The number of hydrogen-bond acceptors (Lipinski definition) is 4. The molecule has 2 rings (SSSR count). The zero-order valence-corrected chi connectivity index (χ0v) is 10.8. The fourth-order valence-electron chi connectivity index (χ4n) is 0.958. The molecule has 6 nitrogen and oxygen atoms in total. The number of rotatable bonds is 3. The minimum atomic E-state index is 0.398. The Morgan fingerprint density at radius 2 is 2.31 bits per heavy atom. The fourth-order valence-corrected chi connectivity index (χ4v) is 4.01. The number of isocyanates is 1. The predicted octanol–water partition coefficient (Wildman–Crippen LogP) is 2.79. The molecule has 0 aliphatic heterocycles. The number of H-pyrrole nitrogens is 1. The lowest BCUT2D eigenvalue weighted by Gasteiger charge is -2.05. The monoisotopic (exact) mass is 272 g/mol. The molecule has 2 unspecified atom stereocenters. The lowest BCUT2D eigenvalue weighted by molar-refractivity contribution is 0.277. The van der Waals surface area contributed by atoms with Gasteiger partial charge in [-0.05, 0) is 24.3 Å². The highest BCUT2D eigenvalue weighted by atomic mass is 31.1. The zero-order chi connectivity index (χ0) is 11.2. The second-order valence-electron chi connectivity index (χ2n) is 2.60. The summed E-state index contributed by atoms with van der Waals surface area (Å²) < 4.78 is 8.93. The first kappa shape index (κ1) is 11.2. The van der Waals surface area contributed by atoms with Crippen molar-refractivity contribution in [1.82, 2.24) is 13.3 Å². The van der Waals surface area contributed by atoms with Gasteiger partial charge in [-0.15, -0.1) is 4.26 Å². The second kappa shape index (κ2) is 5.69. The molecule has 0 radical (unpaired) electrons. The largest absolute Gasteiger partial charge is 0.366 e. The van der Waals surface area contributed by atoms with E-state index in [4.69, 9.17) is 4.84 Å². The highest BCUT2D eigenvalue weighted by Gasteiger charge is 1.95. The molecule has 0 bridgehead atoms. The summed E-state index contributed by atoms with van der Waals surface area (Å²) >= 11 is 0. The molecule has 0 fully saturated rings. The Balaban J connectivity index is 2.14. The number of benzene rings is 1. The van der Waals surface area contributed by atoms with Crippen molar-refractivity contribution in [2.45, 2.75) is 0 Å². The molecule has 2 atom stereocenters. The topological polar surface area (TPSA) is 72.3 Å². The van der Waals surface area contributed by atoms with Gasteiger partial charge in [0.25, 0.3) is 0 Å². The Kier molecular flexibility index (Phi) is 3.98. The number of aromatic nitrogens is 3. The Hall–Kier alpha value is -1.30. The number of aromatic amines is 1. The van der Waals surface area contributed by atoms with Crippen molar-refractivity contribution in [3.8, 4) is 5.75 Å². The molecule has 0 saturated heterocycles. The van der Waals surface area contributed by atoms with Crippen LogP contribution in [0.25, 0.3) is 0 Å². The summed E-state index contributed by atoms with van der Waals surface area (Å²) in [5.74, 6) is 0.687. The van der Waals surface area contributed by atoms with E-state index < -0.39 is 0 Å². The van der Waals surface area contributed by atoms with Crippen molar-refractivity contribution < 1.29 is 9.63 Å². The summed E-state index contributed by atoms with van der Waals surface area (Å²) in [4.78, 5) is 19.0. The standard InChI is InChI=1S/C7H7N4O2P3/c12-5-8-6-1-3-7(4-2-6)13-11-15-9-14-10-16-11/h1-4,9,14-15H. The molecule has 0 amide bonds. The van der Waals surface area contributed by atoms with E-state index in [0.717, 1.165) is 8.51 Å². The molecule has 16 heavy (non-hydrogen) atoms. The van der Waals surface area contributed by atoms with Crippen LogP contribution in [0.5, 0.6) is 5.75 Å². The van der Waals surface area contributed by atoms with E-state index >= 15 is 0 Å². The average Bonchev–Trinajstić information content (AvgIpc) is 2.33. The fraction of sp³-hybridized carbons (Fsp3) is 0. The predicted molar refractivity (Wildman–Crippen MR) is 66.0 cm³/mol. The van der Waals surface area contributed by atoms with E-state index in [1.165, 1.54) is 6.08 Å². The summed E-state index contributed by atoms with van der Waals surface area (Å²) in [7, 11) is 1.65. The summed E-state index contributed by atoms with van der Waals surface area (Å²) in [5, 5.41) is 0. The van der Waals surface area contributed by atoms with Crippen molar-refractivity contribution in [1.29, 1.82) is 0 Å². The van der Waals surface area contributed by atoms with Gasteiger partial charge in [0.1, 0.15) is 0 Å². The number of aliphatic imine (C=N–C) groups is 1. The van der Waals surface area contributed by atoms with Crippen LogP contribution in [0.3, 0.4) is 0 Å². The lowest BCUT2D eigenvalue weighted by Crippen LogP contribution is -1.96. The van der Waals surface area contributed by atoms with E-state index in [0.29, 0.717) is 28.5 Å². The maximum Gasteiger partial charge on any atom is 0.240 e. The van der Waals surface area contributed by atoms with Gasteiger partial charge in [-0.3, -0.25) is 0 Å². The van der Waals surface area contributed by atoms with Crippen LogP contribution >= 0.6 is 25.5 Å². The maximum absolute atomic E-state index is 10.0. The molecule has 0 aliphatic rings. The third-order valence-electron chi connectivity index (χ3n) is 1.59. The second-order valence-corrected chi connectivity index (χ2v) is 6.17. The molecule has 1 aromatic carbocycles. The first-order chi connectivity index (χ1) is 7.88. The molecule has 0 aliphatic carbocycles. The summed E-state index contributed by atoms with van der Waals surface area (Å²) in [5.41, 5.74) is 0.560. The highest BCUT2D eigenvalue weighted by molar-refractivity contribution is 7.44. The smallest absolute Gasteiger partial charge is 0.240 e. The minimum absolute atomic E-state index is 0.398. The maximum atomic E-state index is 10.0. The number of nitrogens with zero attached hydrogens (tertiary/aromatic N) is 3. The van der Waals surface area contributed by atoms with Crippen LogP contribution in [-0.4, -0.2) is 19.4 Å². The van der Waals surface area contributed by atoms with Crippen LogP contribution in [0, 0.1) is 0 Å². The average molecular weight is 272 g/mol. The van der Waals surface area contributed by atoms with Crippen LogP contribution < -0.4 is 4.84 Å². The Labute approximate surface area is 95.7 Å². The molecule has 0 saturated carbocycles. The molecule has 1 N–H and O–H groups in total. The van der Waals surface area contributed by atoms with Gasteiger partial charge in [-0.25, -0.2) is 4.79 Å².